The van der Waals surface area contributed by atoms with Crippen molar-refractivity contribution in [3.8, 4) is 0 Å². The Labute approximate surface area is 134 Å². The van der Waals surface area contributed by atoms with Crippen LogP contribution in [-0.2, 0) is 25.3 Å². The summed E-state index contributed by atoms with van der Waals surface area (Å²) in [6.45, 7) is 1.86. The monoisotopic (exact) mass is 351 g/mol. The minimum absolute atomic E-state index is 0.144. The van der Waals surface area contributed by atoms with Crippen LogP contribution in [0.3, 0.4) is 0 Å². The van der Waals surface area contributed by atoms with E-state index in [0.29, 0.717) is 0 Å². The fourth-order valence-electron chi connectivity index (χ4n) is 1.46. The highest BCUT2D eigenvalue weighted by atomic mass is 19.4. The van der Waals surface area contributed by atoms with E-state index in [4.69, 9.17) is 30.3 Å². The van der Waals surface area contributed by atoms with Crippen LogP contribution >= 0.6 is 0 Å². The van der Waals surface area contributed by atoms with Crippen LogP contribution in [-0.4, -0.2) is 34.7 Å². The van der Waals surface area contributed by atoms with Crippen molar-refractivity contribution >= 4 is 17.9 Å². The summed E-state index contributed by atoms with van der Waals surface area (Å²) in [4.78, 5) is 29.4. The number of aliphatic carboxylic acids is 2. The molecule has 0 saturated carbocycles. The van der Waals surface area contributed by atoms with Crippen LogP contribution in [0.25, 0.3) is 0 Å². The first-order valence-electron chi connectivity index (χ1n) is 6.53. The van der Waals surface area contributed by atoms with Gasteiger partial charge in [0, 0.05) is 6.04 Å². The second kappa shape index (κ2) is 9.50. The Morgan fingerprint density at radius 1 is 1.21 bits per heavy atom. The first-order valence-corrected chi connectivity index (χ1v) is 6.53. The smallest absolute Gasteiger partial charge is 0.416 e. The van der Waals surface area contributed by atoms with E-state index in [1.54, 1.807) is 6.92 Å². The highest BCUT2D eigenvalue weighted by Crippen LogP contribution is 2.30. The van der Waals surface area contributed by atoms with Crippen LogP contribution in [0, 0.1) is 0 Å². The molecule has 1 unspecified atom stereocenters. The minimum Gasteiger partial charge on any atom is -0.473 e. The summed E-state index contributed by atoms with van der Waals surface area (Å²) in [6, 6.07) is 3.83. The zero-order valence-electron chi connectivity index (χ0n) is 12.5. The summed E-state index contributed by atoms with van der Waals surface area (Å²) in [5.41, 5.74) is 5.15. The maximum atomic E-state index is 12.5. The molecule has 0 heterocycles. The summed E-state index contributed by atoms with van der Waals surface area (Å²) < 4.78 is 42.1. The van der Waals surface area contributed by atoms with E-state index in [1.165, 1.54) is 12.1 Å². The highest BCUT2D eigenvalue weighted by molar-refractivity contribution is 6.27. The molecule has 0 aliphatic rings. The molecule has 7 nitrogen and oxygen atoms in total. The molecule has 0 aliphatic heterocycles. The van der Waals surface area contributed by atoms with E-state index in [1.807, 2.05) is 0 Å². The molecular formula is C14H16F3NO6. The molecule has 0 aromatic heterocycles. The van der Waals surface area contributed by atoms with Crippen molar-refractivity contribution in [2.24, 2.45) is 5.73 Å². The molecule has 0 radical (unpaired) electrons. The van der Waals surface area contributed by atoms with Gasteiger partial charge in [-0.2, -0.15) is 13.2 Å². The summed E-state index contributed by atoms with van der Waals surface area (Å²) in [5.74, 6) is -4.17. The lowest BCUT2D eigenvalue weighted by Crippen LogP contribution is -2.18. The Morgan fingerprint density at radius 2 is 1.75 bits per heavy atom. The summed E-state index contributed by atoms with van der Waals surface area (Å²) in [7, 11) is 0. The number of hydrogen-bond acceptors (Lipinski definition) is 5. The molecule has 134 valence electrons. The van der Waals surface area contributed by atoms with Crippen molar-refractivity contribution in [2.45, 2.75) is 25.6 Å². The number of hydrogen-bond donors (Lipinski definition) is 3. The lowest BCUT2D eigenvalue weighted by molar-refractivity contribution is -0.159. The van der Waals surface area contributed by atoms with Gasteiger partial charge in [0.05, 0.1) is 18.6 Å². The number of rotatable bonds is 4. The van der Waals surface area contributed by atoms with Gasteiger partial charge in [-0.25, -0.2) is 9.59 Å². The van der Waals surface area contributed by atoms with Gasteiger partial charge in [0.15, 0.2) is 0 Å². The van der Waals surface area contributed by atoms with Crippen LogP contribution < -0.4 is 5.73 Å². The number of alkyl halides is 3. The lowest BCUT2D eigenvalue weighted by atomic mass is 10.0. The van der Waals surface area contributed by atoms with E-state index in [9.17, 15) is 18.0 Å². The van der Waals surface area contributed by atoms with Crippen LogP contribution in [0.15, 0.2) is 24.3 Å². The highest BCUT2D eigenvalue weighted by Gasteiger charge is 2.30. The summed E-state index contributed by atoms with van der Waals surface area (Å²) in [5, 5.41) is 14.8. The number of carboxylic acids is 2. The molecule has 1 aromatic rings. The third-order valence-corrected chi connectivity index (χ3v) is 2.52. The fraction of sp³-hybridized carbons (Fsp3) is 0.357. The van der Waals surface area contributed by atoms with Crippen molar-refractivity contribution in [3.63, 3.8) is 0 Å². The molecule has 10 heteroatoms. The first-order chi connectivity index (χ1) is 11.0. The molecular weight excluding hydrogens is 335 g/mol. The maximum Gasteiger partial charge on any atom is 0.416 e. The van der Waals surface area contributed by atoms with Gasteiger partial charge in [-0.05, 0) is 24.6 Å². The number of carbonyl (C=O) groups excluding carboxylic acids is 1. The molecule has 1 aromatic carbocycles. The minimum atomic E-state index is -4.42. The average molecular weight is 351 g/mol. The van der Waals surface area contributed by atoms with Gasteiger partial charge >= 0.3 is 24.1 Å². The normalized spacial score (nSPS) is 11.7. The lowest BCUT2D eigenvalue weighted by Gasteiger charge is -2.13. The fourth-order valence-corrected chi connectivity index (χ4v) is 1.46. The standard InChI is InChI=1S/C12H14F3NO2.C2H2O4/c1-2-18-11(17)7-10(16)8-4-3-5-9(6-8)12(13,14)15;3-1(4)2(5)6/h3-6,10H,2,7,16H2,1H3;(H,3,4)(H,5,6). The number of halogens is 3. The number of carbonyl (C=O) groups is 3. The van der Waals surface area contributed by atoms with E-state index in [0.717, 1.165) is 12.1 Å². The quantitative estimate of drug-likeness (QED) is 0.558. The Hall–Kier alpha value is -2.62. The number of esters is 1. The van der Waals surface area contributed by atoms with E-state index >= 15 is 0 Å². The van der Waals surface area contributed by atoms with Gasteiger partial charge in [0.1, 0.15) is 0 Å². The van der Waals surface area contributed by atoms with E-state index < -0.39 is 35.7 Å². The predicted octanol–water partition coefficient (Wildman–Crippen LogP) is 1.81. The molecule has 24 heavy (non-hydrogen) atoms. The average Bonchev–Trinajstić information content (AvgIpc) is 2.47. The van der Waals surface area contributed by atoms with Crippen LogP contribution in [0.1, 0.15) is 30.5 Å². The second-order valence-corrected chi connectivity index (χ2v) is 4.35. The van der Waals surface area contributed by atoms with Crippen molar-refractivity contribution in [1.29, 1.82) is 0 Å². The summed E-state index contributed by atoms with van der Waals surface area (Å²) in [6.07, 6.45) is -4.56. The zero-order valence-corrected chi connectivity index (χ0v) is 12.5. The van der Waals surface area contributed by atoms with Gasteiger partial charge in [-0.1, -0.05) is 12.1 Å². The number of benzene rings is 1. The van der Waals surface area contributed by atoms with E-state index in [-0.39, 0.29) is 18.6 Å². The van der Waals surface area contributed by atoms with Crippen molar-refractivity contribution < 1.29 is 42.5 Å². The predicted molar refractivity (Wildman–Crippen MR) is 74.9 cm³/mol. The molecule has 4 N–H and O–H groups in total. The van der Waals surface area contributed by atoms with Crippen LogP contribution in [0.4, 0.5) is 13.2 Å². The molecule has 0 saturated heterocycles. The first kappa shape index (κ1) is 21.4. The molecule has 0 spiro atoms. The zero-order chi connectivity index (χ0) is 18.9. The number of nitrogens with two attached hydrogens (primary N) is 1. The van der Waals surface area contributed by atoms with Crippen LogP contribution in [0.2, 0.25) is 0 Å². The van der Waals surface area contributed by atoms with Crippen molar-refractivity contribution in [3.05, 3.63) is 35.4 Å². The molecule has 1 rings (SSSR count). The Balaban J connectivity index is 0.000000754. The second-order valence-electron chi connectivity index (χ2n) is 4.35. The molecule has 0 bridgehead atoms. The van der Waals surface area contributed by atoms with Gasteiger partial charge in [0.2, 0.25) is 0 Å². The van der Waals surface area contributed by atoms with Gasteiger partial charge in [-0.3, -0.25) is 4.79 Å². The van der Waals surface area contributed by atoms with E-state index in [2.05, 4.69) is 0 Å². The van der Waals surface area contributed by atoms with Gasteiger partial charge in [0.25, 0.3) is 0 Å². The molecule has 0 aliphatic carbocycles. The Bertz CT molecular complexity index is 576. The number of ether oxygens (including phenoxy) is 1. The van der Waals surface area contributed by atoms with Gasteiger partial charge < -0.3 is 20.7 Å². The van der Waals surface area contributed by atoms with Crippen LogP contribution in [0.5, 0.6) is 0 Å². The molecule has 0 fully saturated rings. The molecule has 1 atom stereocenters. The third kappa shape index (κ3) is 8.13. The Morgan fingerprint density at radius 3 is 2.17 bits per heavy atom. The largest absolute Gasteiger partial charge is 0.473 e. The van der Waals surface area contributed by atoms with Crippen molar-refractivity contribution in [2.75, 3.05) is 6.61 Å². The number of carboxylic acid groups (broad SMARTS) is 2. The Kier molecular flexibility index (Phi) is 8.47. The SMILES string of the molecule is CCOC(=O)CC(N)c1cccc(C(F)(F)F)c1.O=C(O)C(=O)O. The third-order valence-electron chi connectivity index (χ3n) is 2.52. The van der Waals surface area contributed by atoms with Gasteiger partial charge in [-0.15, -0.1) is 0 Å². The maximum absolute atomic E-state index is 12.5. The topological polar surface area (TPSA) is 127 Å². The summed E-state index contributed by atoms with van der Waals surface area (Å²) >= 11 is 0. The van der Waals surface area contributed by atoms with Crippen molar-refractivity contribution in [1.82, 2.24) is 0 Å². The molecule has 0 amide bonds.